The van der Waals surface area contributed by atoms with E-state index < -0.39 is 0 Å². The van der Waals surface area contributed by atoms with E-state index >= 15 is 0 Å². The first-order valence-corrected chi connectivity index (χ1v) is 8.57. The number of fused-ring (bicyclic) bond motifs is 1. The summed E-state index contributed by atoms with van der Waals surface area (Å²) in [5.41, 5.74) is 1.92. The molecule has 1 unspecified atom stereocenters. The summed E-state index contributed by atoms with van der Waals surface area (Å²) in [5, 5.41) is 15.8. The van der Waals surface area contributed by atoms with Crippen molar-refractivity contribution >= 4 is 23.1 Å². The first-order valence-electron chi connectivity index (χ1n) is 6.81. The van der Waals surface area contributed by atoms with Crippen molar-refractivity contribution in [2.45, 2.75) is 48.1 Å². The largest absolute Gasteiger partial charge is 0.396 e. The molecule has 2 N–H and O–H groups in total. The molecule has 0 amide bonds. The Bertz CT molecular complexity index is 414. The predicted molar refractivity (Wildman–Crippen MR) is 78.4 cm³/mol. The number of nitrogens with one attached hydrogen (secondary N) is 1. The van der Waals surface area contributed by atoms with Gasteiger partial charge in [-0.15, -0.1) is 23.1 Å². The van der Waals surface area contributed by atoms with Crippen LogP contribution in [0.4, 0.5) is 0 Å². The van der Waals surface area contributed by atoms with Gasteiger partial charge in [-0.05, 0) is 48.1 Å². The monoisotopic (exact) mass is 283 g/mol. The van der Waals surface area contributed by atoms with Crippen LogP contribution in [0, 0.1) is 5.41 Å². The highest BCUT2D eigenvalue weighted by molar-refractivity contribution is 8.01. The molecule has 1 aliphatic heterocycles. The molecule has 3 rings (SSSR count). The maximum atomic E-state index is 9.12. The summed E-state index contributed by atoms with van der Waals surface area (Å²) in [4.78, 5) is 0. The van der Waals surface area contributed by atoms with E-state index in [4.69, 9.17) is 5.11 Å². The van der Waals surface area contributed by atoms with Crippen molar-refractivity contribution in [2.75, 3.05) is 13.2 Å². The van der Waals surface area contributed by atoms with Gasteiger partial charge in [0, 0.05) is 24.4 Å². The van der Waals surface area contributed by atoms with E-state index in [0.717, 1.165) is 13.0 Å². The SMILES string of the molecule is C[C@H]1CC(NCC2(CCO)CC2)c2ccsc2S1. The second-order valence-electron chi connectivity index (χ2n) is 5.73. The number of thioether (sulfide) groups is 1. The Balaban J connectivity index is 1.64. The highest BCUT2D eigenvalue weighted by atomic mass is 32.2. The van der Waals surface area contributed by atoms with Crippen molar-refractivity contribution in [3.63, 3.8) is 0 Å². The van der Waals surface area contributed by atoms with Gasteiger partial charge in [0.1, 0.15) is 0 Å². The Kier molecular flexibility index (Phi) is 3.72. The molecule has 4 heteroatoms. The number of aliphatic hydroxyl groups is 1. The van der Waals surface area contributed by atoms with Crippen LogP contribution in [0.15, 0.2) is 15.7 Å². The number of aliphatic hydroxyl groups excluding tert-OH is 1. The van der Waals surface area contributed by atoms with Gasteiger partial charge in [-0.1, -0.05) is 6.92 Å². The molecule has 1 aliphatic carbocycles. The molecular formula is C14H21NOS2. The number of hydrogen-bond donors (Lipinski definition) is 2. The molecule has 0 aromatic carbocycles. The lowest BCUT2D eigenvalue weighted by atomic mass is 10.00. The van der Waals surface area contributed by atoms with E-state index in [0.29, 0.717) is 23.3 Å². The molecule has 2 aliphatic rings. The van der Waals surface area contributed by atoms with E-state index in [9.17, 15) is 0 Å². The Morgan fingerprint density at radius 2 is 2.33 bits per heavy atom. The fraction of sp³-hybridized carbons (Fsp3) is 0.714. The molecule has 1 fully saturated rings. The molecule has 0 bridgehead atoms. The fourth-order valence-corrected chi connectivity index (χ4v) is 5.38. The van der Waals surface area contributed by atoms with Gasteiger partial charge in [-0.2, -0.15) is 0 Å². The molecule has 0 spiro atoms. The summed E-state index contributed by atoms with van der Waals surface area (Å²) in [6, 6.07) is 2.81. The minimum Gasteiger partial charge on any atom is -0.396 e. The topological polar surface area (TPSA) is 32.3 Å². The summed E-state index contributed by atoms with van der Waals surface area (Å²) < 4.78 is 1.50. The quantitative estimate of drug-likeness (QED) is 0.868. The minimum atomic E-state index is 0.336. The van der Waals surface area contributed by atoms with Gasteiger partial charge in [0.25, 0.3) is 0 Å². The van der Waals surface area contributed by atoms with Crippen molar-refractivity contribution < 1.29 is 5.11 Å². The van der Waals surface area contributed by atoms with Crippen molar-refractivity contribution in [1.29, 1.82) is 0 Å². The van der Waals surface area contributed by atoms with Crippen molar-refractivity contribution in [1.82, 2.24) is 5.32 Å². The maximum absolute atomic E-state index is 9.12. The zero-order valence-electron chi connectivity index (χ0n) is 10.8. The predicted octanol–water partition coefficient (Wildman–Crippen LogP) is 3.43. The summed E-state index contributed by atoms with van der Waals surface area (Å²) >= 11 is 3.90. The molecule has 100 valence electrons. The lowest BCUT2D eigenvalue weighted by Gasteiger charge is -2.29. The molecule has 18 heavy (non-hydrogen) atoms. The molecule has 1 aromatic rings. The van der Waals surface area contributed by atoms with Crippen LogP contribution in [0.3, 0.4) is 0 Å². The van der Waals surface area contributed by atoms with Crippen molar-refractivity contribution in [2.24, 2.45) is 5.41 Å². The Morgan fingerprint density at radius 3 is 3.06 bits per heavy atom. The third-order valence-electron chi connectivity index (χ3n) is 4.23. The Labute approximate surface area is 117 Å². The standard InChI is InChI=1S/C14H21NOS2/c1-10-8-12(11-2-7-17-13(11)18-10)15-9-14(3-4-14)5-6-16/h2,7,10,12,15-16H,3-6,8-9H2,1H3/t10-,12?/m0/s1. The van der Waals surface area contributed by atoms with Gasteiger partial charge in [0.2, 0.25) is 0 Å². The van der Waals surface area contributed by atoms with Gasteiger partial charge >= 0.3 is 0 Å². The van der Waals surface area contributed by atoms with E-state index in [1.54, 1.807) is 0 Å². The first kappa shape index (κ1) is 13.0. The van der Waals surface area contributed by atoms with E-state index in [-0.39, 0.29) is 0 Å². The zero-order chi connectivity index (χ0) is 12.6. The molecule has 1 aromatic heterocycles. The highest BCUT2D eigenvalue weighted by Crippen LogP contribution is 2.49. The number of hydrogen-bond acceptors (Lipinski definition) is 4. The summed E-state index contributed by atoms with van der Waals surface area (Å²) in [6.45, 7) is 3.73. The van der Waals surface area contributed by atoms with Crippen molar-refractivity contribution in [3.8, 4) is 0 Å². The van der Waals surface area contributed by atoms with E-state index in [1.807, 2.05) is 23.1 Å². The highest BCUT2D eigenvalue weighted by Gasteiger charge is 2.42. The molecule has 2 atom stereocenters. The Hall–Kier alpha value is -0.0300. The van der Waals surface area contributed by atoms with Gasteiger partial charge in [-0.25, -0.2) is 0 Å². The zero-order valence-corrected chi connectivity index (χ0v) is 12.4. The third-order valence-corrected chi connectivity index (χ3v) is 6.58. The smallest absolute Gasteiger partial charge is 0.0649 e. The Morgan fingerprint density at radius 1 is 1.50 bits per heavy atom. The third kappa shape index (κ3) is 2.62. The average molecular weight is 283 g/mol. The van der Waals surface area contributed by atoms with Gasteiger partial charge in [0.05, 0.1) is 4.21 Å². The molecular weight excluding hydrogens is 262 g/mol. The van der Waals surface area contributed by atoms with Crippen LogP contribution in [-0.4, -0.2) is 23.5 Å². The lowest BCUT2D eigenvalue weighted by Crippen LogP contribution is -2.31. The molecule has 2 heterocycles. The van der Waals surface area contributed by atoms with Crippen LogP contribution < -0.4 is 5.32 Å². The van der Waals surface area contributed by atoms with Crippen LogP contribution in [0.5, 0.6) is 0 Å². The van der Waals surface area contributed by atoms with Crippen LogP contribution in [0.1, 0.15) is 44.2 Å². The average Bonchev–Trinajstić information content (AvgIpc) is 2.94. The van der Waals surface area contributed by atoms with Crippen LogP contribution in [0.25, 0.3) is 0 Å². The van der Waals surface area contributed by atoms with Crippen LogP contribution >= 0.6 is 23.1 Å². The molecule has 0 saturated heterocycles. The first-order chi connectivity index (χ1) is 8.72. The van der Waals surface area contributed by atoms with Crippen LogP contribution in [-0.2, 0) is 0 Å². The van der Waals surface area contributed by atoms with E-state index in [2.05, 4.69) is 23.7 Å². The summed E-state index contributed by atoms with van der Waals surface area (Å²) in [7, 11) is 0. The van der Waals surface area contributed by atoms with Crippen LogP contribution in [0.2, 0.25) is 0 Å². The number of thiophene rings is 1. The second-order valence-corrected chi connectivity index (χ2v) is 8.36. The number of rotatable bonds is 5. The molecule has 2 nitrogen and oxygen atoms in total. The summed E-state index contributed by atoms with van der Waals surface area (Å²) in [6.07, 6.45) is 4.76. The van der Waals surface area contributed by atoms with Gasteiger partial charge < -0.3 is 10.4 Å². The summed E-state index contributed by atoms with van der Waals surface area (Å²) in [5.74, 6) is 0. The fourth-order valence-electron chi connectivity index (χ4n) is 2.81. The second kappa shape index (κ2) is 5.16. The maximum Gasteiger partial charge on any atom is 0.0649 e. The minimum absolute atomic E-state index is 0.336. The normalized spacial score (nSPS) is 29.0. The lowest BCUT2D eigenvalue weighted by molar-refractivity contribution is 0.241. The van der Waals surface area contributed by atoms with Gasteiger partial charge in [-0.3, -0.25) is 0 Å². The molecule has 0 radical (unpaired) electrons. The van der Waals surface area contributed by atoms with Crippen molar-refractivity contribution in [3.05, 3.63) is 17.0 Å². The van der Waals surface area contributed by atoms with E-state index in [1.165, 1.54) is 29.0 Å². The molecule has 1 saturated carbocycles. The van der Waals surface area contributed by atoms with Gasteiger partial charge in [0.15, 0.2) is 0 Å².